The van der Waals surface area contributed by atoms with Crippen molar-refractivity contribution in [2.75, 3.05) is 35.8 Å². The molecule has 0 aliphatic carbocycles. The third-order valence-electron chi connectivity index (χ3n) is 6.20. The number of nitrogens with zero attached hydrogens (tertiary/aromatic N) is 4. The molecule has 1 aromatic carbocycles. The molecule has 8 nitrogen and oxygen atoms in total. The maximum absolute atomic E-state index is 12.2. The highest BCUT2D eigenvalue weighted by Gasteiger charge is 2.38. The third kappa shape index (κ3) is 3.08. The van der Waals surface area contributed by atoms with E-state index in [0.717, 1.165) is 54.5 Å². The first-order valence-electron chi connectivity index (χ1n) is 10.3. The standard InChI is InChI=1S/C22H26N6O2/c1-22(2)16-8-7-14(13-17(16)24-20(22)29)23-21-25-18-5-4-6-19(28(18)26-21)27(3)15-9-11-30-12-10-15/h4-8,13,15H,9-12H2,1-3H3,(H,23,26)(H,24,29). The highest BCUT2D eigenvalue weighted by Crippen LogP contribution is 2.39. The number of hydrogen-bond acceptors (Lipinski definition) is 6. The first-order chi connectivity index (χ1) is 14.4. The number of pyridine rings is 1. The van der Waals surface area contributed by atoms with Gasteiger partial charge >= 0.3 is 0 Å². The number of amides is 1. The van der Waals surface area contributed by atoms with Gasteiger partial charge in [0, 0.05) is 37.7 Å². The van der Waals surface area contributed by atoms with Crippen LogP contribution in [0.15, 0.2) is 36.4 Å². The third-order valence-corrected chi connectivity index (χ3v) is 6.20. The van der Waals surface area contributed by atoms with E-state index in [0.29, 0.717) is 12.0 Å². The Labute approximate surface area is 175 Å². The highest BCUT2D eigenvalue weighted by atomic mass is 16.5. The topological polar surface area (TPSA) is 83.8 Å². The van der Waals surface area contributed by atoms with E-state index in [2.05, 4.69) is 33.6 Å². The smallest absolute Gasteiger partial charge is 0.247 e. The van der Waals surface area contributed by atoms with Crippen LogP contribution in [0.2, 0.25) is 0 Å². The molecular weight excluding hydrogens is 380 g/mol. The normalized spacial score (nSPS) is 18.3. The first kappa shape index (κ1) is 18.9. The van der Waals surface area contributed by atoms with Crippen LogP contribution >= 0.6 is 0 Å². The van der Waals surface area contributed by atoms with E-state index in [4.69, 9.17) is 9.84 Å². The van der Waals surface area contributed by atoms with Crippen LogP contribution in [0.5, 0.6) is 0 Å². The Bertz CT molecular complexity index is 1120. The van der Waals surface area contributed by atoms with Crippen LogP contribution in [-0.2, 0) is 14.9 Å². The number of aromatic nitrogens is 3. The number of benzene rings is 1. The van der Waals surface area contributed by atoms with Crippen molar-refractivity contribution < 1.29 is 9.53 Å². The summed E-state index contributed by atoms with van der Waals surface area (Å²) in [6.45, 7) is 5.45. The summed E-state index contributed by atoms with van der Waals surface area (Å²) in [4.78, 5) is 19.1. The minimum absolute atomic E-state index is 0.0151. The van der Waals surface area contributed by atoms with Crippen LogP contribution in [0.25, 0.3) is 5.65 Å². The molecular formula is C22H26N6O2. The fourth-order valence-corrected chi connectivity index (χ4v) is 4.27. The van der Waals surface area contributed by atoms with Gasteiger partial charge in [-0.05, 0) is 56.5 Å². The summed E-state index contributed by atoms with van der Waals surface area (Å²) in [7, 11) is 2.10. The Balaban J connectivity index is 1.43. The number of hydrogen-bond donors (Lipinski definition) is 2. The van der Waals surface area contributed by atoms with E-state index in [1.807, 2.05) is 48.7 Å². The van der Waals surface area contributed by atoms with Crippen molar-refractivity contribution >= 4 is 34.7 Å². The zero-order chi connectivity index (χ0) is 20.9. The lowest BCUT2D eigenvalue weighted by Crippen LogP contribution is -2.37. The number of nitrogens with one attached hydrogen (secondary N) is 2. The summed E-state index contributed by atoms with van der Waals surface area (Å²) in [6.07, 6.45) is 2.01. The van der Waals surface area contributed by atoms with E-state index in [1.165, 1.54) is 0 Å². The van der Waals surface area contributed by atoms with Crippen LogP contribution in [0.1, 0.15) is 32.3 Å². The lowest BCUT2D eigenvalue weighted by atomic mass is 9.86. The van der Waals surface area contributed by atoms with Gasteiger partial charge in [0.15, 0.2) is 5.65 Å². The van der Waals surface area contributed by atoms with Crippen molar-refractivity contribution in [3.63, 3.8) is 0 Å². The van der Waals surface area contributed by atoms with Gasteiger partial charge in [-0.2, -0.15) is 9.50 Å². The quantitative estimate of drug-likeness (QED) is 0.692. The summed E-state index contributed by atoms with van der Waals surface area (Å²) in [6, 6.07) is 12.3. The fraction of sp³-hybridized carbons (Fsp3) is 0.409. The van der Waals surface area contributed by atoms with Gasteiger partial charge in [0.1, 0.15) is 5.82 Å². The zero-order valence-corrected chi connectivity index (χ0v) is 17.5. The predicted molar refractivity (Wildman–Crippen MR) is 117 cm³/mol. The fourth-order valence-electron chi connectivity index (χ4n) is 4.27. The van der Waals surface area contributed by atoms with Gasteiger partial charge in [0.05, 0.1) is 5.41 Å². The molecule has 30 heavy (non-hydrogen) atoms. The molecule has 0 bridgehead atoms. The molecule has 1 amide bonds. The molecule has 3 aromatic rings. The molecule has 5 rings (SSSR count). The van der Waals surface area contributed by atoms with Gasteiger partial charge in [-0.25, -0.2) is 0 Å². The van der Waals surface area contributed by atoms with Gasteiger partial charge in [-0.3, -0.25) is 4.79 Å². The van der Waals surface area contributed by atoms with Crippen molar-refractivity contribution in [3.05, 3.63) is 42.0 Å². The van der Waals surface area contributed by atoms with E-state index in [-0.39, 0.29) is 5.91 Å². The largest absolute Gasteiger partial charge is 0.381 e. The van der Waals surface area contributed by atoms with Gasteiger partial charge in [-0.1, -0.05) is 12.1 Å². The van der Waals surface area contributed by atoms with Crippen molar-refractivity contribution in [1.29, 1.82) is 0 Å². The van der Waals surface area contributed by atoms with Gasteiger partial charge in [0.2, 0.25) is 11.9 Å². The molecule has 2 aliphatic rings. The molecule has 0 saturated carbocycles. The Morgan fingerprint density at radius 3 is 2.83 bits per heavy atom. The Kier molecular flexibility index (Phi) is 4.39. The number of fused-ring (bicyclic) bond motifs is 2. The SMILES string of the molecule is CN(c1cccc2nc(Nc3ccc4c(c3)NC(=O)C4(C)C)nn12)C1CCOCC1. The average Bonchev–Trinajstić information content (AvgIpc) is 3.25. The number of carbonyl (C=O) groups excluding carboxylic acids is 1. The lowest BCUT2D eigenvalue weighted by molar-refractivity contribution is -0.119. The molecule has 0 unspecified atom stereocenters. The minimum atomic E-state index is -0.515. The highest BCUT2D eigenvalue weighted by molar-refractivity contribution is 6.06. The van der Waals surface area contributed by atoms with E-state index in [1.54, 1.807) is 0 Å². The molecule has 8 heteroatoms. The maximum Gasteiger partial charge on any atom is 0.247 e. The van der Waals surface area contributed by atoms with E-state index >= 15 is 0 Å². The number of ether oxygens (including phenoxy) is 1. The number of rotatable bonds is 4. The molecule has 156 valence electrons. The van der Waals surface area contributed by atoms with Crippen molar-refractivity contribution in [2.24, 2.45) is 0 Å². The van der Waals surface area contributed by atoms with E-state index < -0.39 is 5.41 Å². The van der Waals surface area contributed by atoms with Gasteiger partial charge in [-0.15, -0.1) is 5.10 Å². The van der Waals surface area contributed by atoms with Gasteiger partial charge in [0.25, 0.3) is 0 Å². The summed E-state index contributed by atoms with van der Waals surface area (Å²) in [5, 5.41) is 10.9. The summed E-state index contributed by atoms with van der Waals surface area (Å²) >= 11 is 0. The van der Waals surface area contributed by atoms with Crippen molar-refractivity contribution in [3.8, 4) is 0 Å². The second-order valence-corrected chi connectivity index (χ2v) is 8.51. The first-order valence-corrected chi connectivity index (χ1v) is 10.3. The molecule has 1 fully saturated rings. The second kappa shape index (κ2) is 6.98. The zero-order valence-electron chi connectivity index (χ0n) is 17.5. The summed E-state index contributed by atoms with van der Waals surface area (Å²) in [5.41, 5.74) is 2.94. The van der Waals surface area contributed by atoms with Crippen LogP contribution in [0.3, 0.4) is 0 Å². The molecule has 0 atom stereocenters. The predicted octanol–water partition coefficient (Wildman–Crippen LogP) is 3.32. The summed E-state index contributed by atoms with van der Waals surface area (Å²) in [5.74, 6) is 1.54. The monoisotopic (exact) mass is 406 g/mol. The Morgan fingerprint density at radius 1 is 1.23 bits per heavy atom. The van der Waals surface area contributed by atoms with Crippen LogP contribution in [-0.4, -0.2) is 46.8 Å². The molecule has 2 aromatic heterocycles. The van der Waals surface area contributed by atoms with E-state index in [9.17, 15) is 4.79 Å². The molecule has 0 radical (unpaired) electrons. The average molecular weight is 406 g/mol. The maximum atomic E-state index is 12.2. The number of carbonyl (C=O) groups is 1. The van der Waals surface area contributed by atoms with Crippen LogP contribution in [0, 0.1) is 0 Å². The van der Waals surface area contributed by atoms with Gasteiger partial charge < -0.3 is 20.3 Å². The minimum Gasteiger partial charge on any atom is -0.381 e. The Hall–Kier alpha value is -3.13. The van der Waals surface area contributed by atoms with Crippen LogP contribution < -0.4 is 15.5 Å². The summed E-state index contributed by atoms with van der Waals surface area (Å²) < 4.78 is 7.37. The van der Waals surface area contributed by atoms with Crippen molar-refractivity contribution in [2.45, 2.75) is 38.1 Å². The Morgan fingerprint density at radius 2 is 2.03 bits per heavy atom. The lowest BCUT2D eigenvalue weighted by Gasteiger charge is -2.32. The molecule has 4 heterocycles. The molecule has 2 N–H and O–H groups in total. The molecule has 0 spiro atoms. The number of anilines is 4. The molecule has 1 saturated heterocycles. The van der Waals surface area contributed by atoms with Crippen molar-refractivity contribution in [1.82, 2.24) is 14.6 Å². The molecule has 2 aliphatic heterocycles. The van der Waals surface area contributed by atoms with Crippen LogP contribution in [0.4, 0.5) is 23.1 Å². The second-order valence-electron chi connectivity index (χ2n) is 8.51.